The molecule has 0 spiro atoms. The van der Waals surface area contributed by atoms with Gasteiger partial charge in [-0.15, -0.1) is 0 Å². The van der Waals surface area contributed by atoms with Gasteiger partial charge in [-0.3, -0.25) is 4.79 Å². The van der Waals surface area contributed by atoms with Crippen LogP contribution in [0.1, 0.15) is 49.9 Å². The van der Waals surface area contributed by atoms with E-state index in [0.717, 1.165) is 19.4 Å². The fraction of sp³-hybridized carbons (Fsp3) is 0.533. The molecule has 0 aliphatic heterocycles. The first kappa shape index (κ1) is 13.1. The molecule has 1 aromatic rings. The molecule has 1 aliphatic rings. The molecular formula is C15H20FNO. The summed E-state index contributed by atoms with van der Waals surface area (Å²) in [5.41, 5.74) is 1.08. The molecule has 0 aromatic heterocycles. The van der Waals surface area contributed by atoms with Crippen molar-refractivity contribution < 1.29 is 9.18 Å². The quantitative estimate of drug-likeness (QED) is 0.756. The molecule has 0 N–H and O–H groups in total. The topological polar surface area (TPSA) is 20.3 Å². The minimum atomic E-state index is -0.281. The minimum Gasteiger partial charge on any atom is -0.366 e. The number of Topliss-reactive ketones (excluding diaryl/α,β-unsaturated/α-hetero) is 1. The summed E-state index contributed by atoms with van der Waals surface area (Å²) in [4.78, 5) is 13.4. The summed E-state index contributed by atoms with van der Waals surface area (Å²) in [6.45, 7) is 4.32. The van der Waals surface area contributed by atoms with Crippen LogP contribution in [0.5, 0.6) is 0 Å². The van der Waals surface area contributed by atoms with Crippen molar-refractivity contribution in [1.82, 2.24) is 0 Å². The highest BCUT2D eigenvalue weighted by molar-refractivity contribution is 5.94. The van der Waals surface area contributed by atoms with Crippen LogP contribution in [0.25, 0.3) is 0 Å². The van der Waals surface area contributed by atoms with Crippen LogP contribution < -0.4 is 4.90 Å². The van der Waals surface area contributed by atoms with Crippen molar-refractivity contribution in [2.24, 2.45) is 0 Å². The standard InChI is InChI=1S/C15H20FNO/c1-3-17(13-6-4-5-7-13)15-9-8-12(11(2)18)10-14(15)16/h8-10,13H,3-7H2,1-2H3. The summed E-state index contributed by atoms with van der Waals surface area (Å²) in [5.74, 6) is -0.374. The van der Waals surface area contributed by atoms with E-state index < -0.39 is 0 Å². The van der Waals surface area contributed by atoms with Crippen molar-refractivity contribution in [2.45, 2.75) is 45.6 Å². The number of hydrogen-bond donors (Lipinski definition) is 0. The van der Waals surface area contributed by atoms with Crippen LogP contribution in [0.3, 0.4) is 0 Å². The molecule has 0 unspecified atom stereocenters. The number of carbonyl (C=O) groups is 1. The predicted octanol–water partition coefficient (Wildman–Crippen LogP) is 3.80. The average molecular weight is 249 g/mol. The van der Waals surface area contributed by atoms with Gasteiger partial charge >= 0.3 is 0 Å². The molecule has 1 fully saturated rings. The lowest BCUT2D eigenvalue weighted by atomic mass is 10.1. The normalized spacial score (nSPS) is 15.9. The van der Waals surface area contributed by atoms with Crippen LogP contribution in [-0.2, 0) is 0 Å². The molecule has 0 heterocycles. The van der Waals surface area contributed by atoms with Crippen molar-refractivity contribution in [2.75, 3.05) is 11.4 Å². The SMILES string of the molecule is CCN(c1ccc(C(C)=O)cc1F)C1CCCC1. The molecule has 98 valence electrons. The molecule has 1 saturated carbocycles. The zero-order valence-electron chi connectivity index (χ0n) is 11.1. The van der Waals surface area contributed by atoms with Gasteiger partial charge in [0.2, 0.25) is 0 Å². The van der Waals surface area contributed by atoms with Gasteiger partial charge in [-0.05, 0) is 44.9 Å². The van der Waals surface area contributed by atoms with Gasteiger partial charge in [0.1, 0.15) is 5.82 Å². The molecule has 1 aliphatic carbocycles. The number of carbonyl (C=O) groups excluding carboxylic acids is 1. The molecule has 0 saturated heterocycles. The number of halogens is 1. The second kappa shape index (κ2) is 5.51. The first-order valence-electron chi connectivity index (χ1n) is 6.70. The van der Waals surface area contributed by atoms with Crippen LogP contribution in [0.2, 0.25) is 0 Å². The van der Waals surface area contributed by atoms with E-state index in [1.807, 2.05) is 0 Å². The third kappa shape index (κ3) is 2.55. The largest absolute Gasteiger partial charge is 0.366 e. The van der Waals surface area contributed by atoms with Gasteiger partial charge in [0.05, 0.1) is 5.69 Å². The van der Waals surface area contributed by atoms with Gasteiger partial charge in [0, 0.05) is 18.2 Å². The van der Waals surface area contributed by atoms with Crippen molar-refractivity contribution in [3.05, 3.63) is 29.6 Å². The second-order valence-corrected chi connectivity index (χ2v) is 4.95. The van der Waals surface area contributed by atoms with E-state index in [1.165, 1.54) is 25.8 Å². The molecule has 2 rings (SSSR count). The first-order chi connectivity index (χ1) is 8.63. The Morgan fingerprint density at radius 1 is 1.39 bits per heavy atom. The van der Waals surface area contributed by atoms with Crippen molar-refractivity contribution >= 4 is 11.5 Å². The fourth-order valence-electron chi connectivity index (χ4n) is 2.80. The Hall–Kier alpha value is -1.38. The van der Waals surface area contributed by atoms with Crippen LogP contribution in [0, 0.1) is 5.82 Å². The maximum Gasteiger partial charge on any atom is 0.159 e. The van der Waals surface area contributed by atoms with E-state index in [1.54, 1.807) is 12.1 Å². The van der Waals surface area contributed by atoms with Crippen LogP contribution in [-0.4, -0.2) is 18.4 Å². The van der Waals surface area contributed by atoms with E-state index in [0.29, 0.717) is 17.3 Å². The molecule has 3 heteroatoms. The molecule has 0 bridgehead atoms. The monoisotopic (exact) mass is 249 g/mol. The smallest absolute Gasteiger partial charge is 0.159 e. The molecular weight excluding hydrogens is 229 g/mol. The van der Waals surface area contributed by atoms with E-state index in [4.69, 9.17) is 0 Å². The maximum atomic E-state index is 14.1. The first-order valence-corrected chi connectivity index (χ1v) is 6.70. The molecule has 0 atom stereocenters. The van der Waals surface area contributed by atoms with Gasteiger partial charge in [0.15, 0.2) is 5.78 Å². The Balaban J connectivity index is 2.27. The fourth-order valence-corrected chi connectivity index (χ4v) is 2.80. The van der Waals surface area contributed by atoms with Gasteiger partial charge < -0.3 is 4.90 Å². The Bertz CT molecular complexity index is 438. The number of anilines is 1. The van der Waals surface area contributed by atoms with Crippen molar-refractivity contribution in [1.29, 1.82) is 0 Å². The molecule has 1 aromatic carbocycles. The second-order valence-electron chi connectivity index (χ2n) is 4.95. The van der Waals surface area contributed by atoms with Crippen LogP contribution in [0.4, 0.5) is 10.1 Å². The number of nitrogens with zero attached hydrogens (tertiary/aromatic N) is 1. The lowest BCUT2D eigenvalue weighted by Crippen LogP contribution is -2.33. The predicted molar refractivity (Wildman–Crippen MR) is 71.7 cm³/mol. The summed E-state index contributed by atoms with van der Waals surface area (Å²) < 4.78 is 14.1. The lowest BCUT2D eigenvalue weighted by molar-refractivity contribution is 0.101. The summed E-state index contributed by atoms with van der Waals surface area (Å²) in [7, 11) is 0. The third-order valence-electron chi connectivity index (χ3n) is 3.77. The molecule has 18 heavy (non-hydrogen) atoms. The van der Waals surface area contributed by atoms with E-state index >= 15 is 0 Å². The van der Waals surface area contributed by atoms with Gasteiger partial charge in [-0.1, -0.05) is 12.8 Å². The highest BCUT2D eigenvalue weighted by Crippen LogP contribution is 2.30. The molecule has 0 amide bonds. The number of benzene rings is 1. The Labute approximate surface area is 108 Å². The van der Waals surface area contributed by atoms with Gasteiger partial charge in [-0.2, -0.15) is 0 Å². The average Bonchev–Trinajstić information content (AvgIpc) is 2.85. The summed E-state index contributed by atoms with van der Waals surface area (Å²) >= 11 is 0. The highest BCUT2D eigenvalue weighted by atomic mass is 19.1. The summed E-state index contributed by atoms with van der Waals surface area (Å²) in [6, 6.07) is 5.27. The van der Waals surface area contributed by atoms with Crippen molar-refractivity contribution in [3.63, 3.8) is 0 Å². The molecule has 0 radical (unpaired) electrons. The van der Waals surface area contributed by atoms with Crippen LogP contribution >= 0.6 is 0 Å². The lowest BCUT2D eigenvalue weighted by Gasteiger charge is -2.30. The Morgan fingerprint density at radius 3 is 2.56 bits per heavy atom. The molecule has 2 nitrogen and oxygen atoms in total. The number of hydrogen-bond acceptors (Lipinski definition) is 2. The number of ketones is 1. The van der Waals surface area contributed by atoms with Gasteiger partial charge in [-0.25, -0.2) is 4.39 Å². The highest BCUT2D eigenvalue weighted by Gasteiger charge is 2.23. The summed E-state index contributed by atoms with van der Waals surface area (Å²) in [5, 5.41) is 0. The zero-order valence-corrected chi connectivity index (χ0v) is 11.1. The third-order valence-corrected chi connectivity index (χ3v) is 3.77. The minimum absolute atomic E-state index is 0.0932. The van der Waals surface area contributed by atoms with E-state index in [-0.39, 0.29) is 11.6 Å². The number of rotatable bonds is 4. The maximum absolute atomic E-state index is 14.1. The van der Waals surface area contributed by atoms with Crippen molar-refractivity contribution in [3.8, 4) is 0 Å². The Kier molecular flexibility index (Phi) is 4.00. The van der Waals surface area contributed by atoms with Crippen LogP contribution in [0.15, 0.2) is 18.2 Å². The Morgan fingerprint density at radius 2 is 2.06 bits per heavy atom. The van der Waals surface area contributed by atoms with E-state index in [2.05, 4.69) is 11.8 Å². The van der Waals surface area contributed by atoms with E-state index in [9.17, 15) is 9.18 Å². The zero-order chi connectivity index (χ0) is 13.1. The van der Waals surface area contributed by atoms with Gasteiger partial charge in [0.25, 0.3) is 0 Å². The summed E-state index contributed by atoms with van der Waals surface area (Å²) in [6.07, 6.45) is 4.74.